The minimum absolute atomic E-state index is 0.662. The molecule has 5 nitrogen and oxygen atoms in total. The zero-order valence-corrected chi connectivity index (χ0v) is 20.3. The van der Waals surface area contributed by atoms with Gasteiger partial charge in [0.1, 0.15) is 6.29 Å². The van der Waals surface area contributed by atoms with Gasteiger partial charge in [0.2, 0.25) is 0 Å². The molecule has 2 aliphatic rings. The maximum absolute atomic E-state index is 11.1. The third kappa shape index (κ3) is 4.16. The van der Waals surface area contributed by atoms with Crippen molar-refractivity contribution in [3.63, 3.8) is 0 Å². The van der Waals surface area contributed by atoms with Crippen molar-refractivity contribution >= 4 is 52.7 Å². The monoisotopic (exact) mass is 490 g/mol. The summed E-state index contributed by atoms with van der Waals surface area (Å²) in [4.78, 5) is 27.9. The van der Waals surface area contributed by atoms with Gasteiger partial charge in [-0.25, -0.2) is 9.97 Å². The Kier molecular flexibility index (Phi) is 5.19. The number of fused-ring (bicyclic) bond motifs is 8. The van der Waals surface area contributed by atoms with E-state index in [2.05, 4.69) is 58.5 Å². The number of nitrogens with zero attached hydrogens (tertiary/aromatic N) is 2. The number of benzene rings is 2. The topological polar surface area (TPSA) is 74.4 Å². The predicted octanol–water partition coefficient (Wildman–Crippen LogP) is 7.80. The van der Waals surface area contributed by atoms with E-state index in [9.17, 15) is 4.79 Å². The molecule has 0 fully saturated rings. The van der Waals surface area contributed by atoms with Crippen molar-refractivity contribution in [3.8, 4) is 22.3 Å². The van der Waals surface area contributed by atoms with E-state index in [-0.39, 0.29) is 0 Å². The second-order valence-corrected chi connectivity index (χ2v) is 9.38. The van der Waals surface area contributed by atoms with Gasteiger partial charge in [0, 0.05) is 33.2 Å². The highest BCUT2D eigenvalue weighted by molar-refractivity contribution is 5.92. The smallest absolute Gasteiger partial charge is 0.150 e. The molecule has 5 heterocycles. The summed E-state index contributed by atoms with van der Waals surface area (Å²) in [5.74, 6) is 0. The van der Waals surface area contributed by atoms with E-state index < -0.39 is 0 Å². The molecular weight excluding hydrogens is 468 g/mol. The zero-order valence-electron chi connectivity index (χ0n) is 20.3. The molecule has 5 heteroatoms. The minimum atomic E-state index is 0.662. The average molecular weight is 491 g/mol. The number of aromatic amines is 2. The largest absolute Gasteiger partial charge is 0.355 e. The highest BCUT2D eigenvalue weighted by Gasteiger charge is 2.12. The molecule has 5 aromatic rings. The Bertz CT molecular complexity index is 1940. The highest BCUT2D eigenvalue weighted by atomic mass is 16.1. The summed E-state index contributed by atoms with van der Waals surface area (Å²) in [6.07, 6.45) is 9.01. The van der Waals surface area contributed by atoms with Crippen LogP contribution in [0, 0.1) is 0 Å². The van der Waals surface area contributed by atoms with Crippen LogP contribution in [-0.2, 0) is 0 Å². The molecule has 0 saturated heterocycles. The fourth-order valence-electron chi connectivity index (χ4n) is 4.92. The molecule has 2 N–H and O–H groups in total. The summed E-state index contributed by atoms with van der Waals surface area (Å²) >= 11 is 0. The van der Waals surface area contributed by atoms with Gasteiger partial charge in [0.25, 0.3) is 0 Å². The zero-order chi connectivity index (χ0) is 25.5. The Balaban J connectivity index is 1.48. The SMILES string of the molecule is O=Cc1ccc(-c2cccc(-c3c4nc(cc5ccc(cc6nc(cc7ccc3[nH]7)C=C6)[nH]5)C=C4)c2)cc1. The summed E-state index contributed by atoms with van der Waals surface area (Å²) in [5, 5.41) is 0. The van der Waals surface area contributed by atoms with E-state index in [0.717, 1.165) is 73.4 Å². The molecule has 0 atom stereocenters. The Morgan fingerprint density at radius 3 is 1.92 bits per heavy atom. The molecule has 180 valence electrons. The van der Waals surface area contributed by atoms with Crippen LogP contribution in [0.1, 0.15) is 33.1 Å². The Hall–Kier alpha value is -5.29. The summed E-state index contributed by atoms with van der Waals surface area (Å²) in [6, 6.07) is 30.5. The summed E-state index contributed by atoms with van der Waals surface area (Å²) < 4.78 is 0. The van der Waals surface area contributed by atoms with Gasteiger partial charge in [-0.1, -0.05) is 42.5 Å². The van der Waals surface area contributed by atoms with Crippen LogP contribution >= 0.6 is 0 Å². The van der Waals surface area contributed by atoms with Crippen molar-refractivity contribution in [1.82, 2.24) is 19.9 Å². The molecule has 0 spiro atoms. The van der Waals surface area contributed by atoms with Crippen LogP contribution in [0.3, 0.4) is 0 Å². The number of carbonyl (C=O) groups excluding carboxylic acids is 1. The molecule has 0 radical (unpaired) electrons. The number of H-pyrrole nitrogens is 2. The lowest BCUT2D eigenvalue weighted by atomic mass is 9.97. The van der Waals surface area contributed by atoms with Crippen LogP contribution in [0.15, 0.2) is 91.0 Å². The Morgan fingerprint density at radius 2 is 1.18 bits per heavy atom. The number of hydrogen-bond donors (Lipinski definition) is 2. The van der Waals surface area contributed by atoms with Crippen LogP contribution in [0.5, 0.6) is 0 Å². The normalized spacial score (nSPS) is 12.1. The molecule has 2 aromatic carbocycles. The van der Waals surface area contributed by atoms with Crippen molar-refractivity contribution < 1.29 is 4.79 Å². The Labute approximate surface area is 218 Å². The van der Waals surface area contributed by atoms with Gasteiger partial charge in [-0.05, 0) is 89.5 Å². The van der Waals surface area contributed by atoms with Crippen molar-refractivity contribution in [2.24, 2.45) is 0 Å². The van der Waals surface area contributed by atoms with Gasteiger partial charge < -0.3 is 9.97 Å². The molecule has 7 rings (SSSR count). The number of hydrogen-bond acceptors (Lipinski definition) is 3. The van der Waals surface area contributed by atoms with E-state index in [0.29, 0.717) is 5.56 Å². The van der Waals surface area contributed by atoms with Crippen LogP contribution in [0.25, 0.3) is 68.6 Å². The molecule has 0 aliphatic carbocycles. The lowest BCUT2D eigenvalue weighted by Gasteiger charge is -2.08. The van der Waals surface area contributed by atoms with Gasteiger partial charge in [-0.15, -0.1) is 0 Å². The van der Waals surface area contributed by atoms with Crippen molar-refractivity contribution in [3.05, 3.63) is 119 Å². The van der Waals surface area contributed by atoms with Crippen molar-refractivity contribution in [1.29, 1.82) is 0 Å². The van der Waals surface area contributed by atoms with Crippen molar-refractivity contribution in [2.45, 2.75) is 0 Å². The summed E-state index contributed by atoms with van der Waals surface area (Å²) in [6.45, 7) is 0. The van der Waals surface area contributed by atoms with Gasteiger partial charge in [-0.3, -0.25) is 4.79 Å². The second-order valence-electron chi connectivity index (χ2n) is 9.38. The lowest BCUT2D eigenvalue weighted by molar-refractivity contribution is 0.112. The van der Waals surface area contributed by atoms with Crippen LogP contribution < -0.4 is 0 Å². The molecule has 0 amide bonds. The van der Waals surface area contributed by atoms with E-state index in [1.165, 1.54) is 0 Å². The van der Waals surface area contributed by atoms with Gasteiger partial charge in [0.05, 0.1) is 22.8 Å². The van der Waals surface area contributed by atoms with Crippen LogP contribution in [0.2, 0.25) is 0 Å². The third-order valence-electron chi connectivity index (χ3n) is 6.75. The number of nitrogens with one attached hydrogen (secondary N) is 2. The van der Waals surface area contributed by atoms with Gasteiger partial charge in [-0.2, -0.15) is 0 Å². The second kappa shape index (κ2) is 8.98. The first-order valence-corrected chi connectivity index (χ1v) is 12.4. The number of aromatic nitrogens is 4. The summed E-state index contributed by atoms with van der Waals surface area (Å²) in [5.41, 5.74) is 12.3. The first-order chi connectivity index (χ1) is 18.7. The van der Waals surface area contributed by atoms with E-state index in [1.807, 2.05) is 66.8 Å². The maximum atomic E-state index is 11.1. The average Bonchev–Trinajstić information content (AvgIpc) is 3.75. The highest BCUT2D eigenvalue weighted by Crippen LogP contribution is 2.33. The third-order valence-corrected chi connectivity index (χ3v) is 6.75. The van der Waals surface area contributed by atoms with Crippen molar-refractivity contribution in [2.75, 3.05) is 0 Å². The van der Waals surface area contributed by atoms with Crippen LogP contribution in [0.4, 0.5) is 0 Å². The molecule has 0 unspecified atom stereocenters. The standard InChI is InChI=1S/C33H22N4O/c38-20-21-4-6-22(7-5-21)23-2-1-3-24(16-23)33-31-14-12-29(36-31)18-27-10-8-25(34-27)17-26-9-11-28(35-26)19-30-13-15-32(33)37-30/h1-20,34,37H. The molecule has 38 heavy (non-hydrogen) atoms. The molecule has 8 bridgehead atoms. The number of aldehydes is 1. The van der Waals surface area contributed by atoms with E-state index in [1.54, 1.807) is 0 Å². The number of carbonyl (C=O) groups is 1. The molecule has 3 aromatic heterocycles. The summed E-state index contributed by atoms with van der Waals surface area (Å²) in [7, 11) is 0. The minimum Gasteiger partial charge on any atom is -0.355 e. The van der Waals surface area contributed by atoms with E-state index >= 15 is 0 Å². The first-order valence-electron chi connectivity index (χ1n) is 12.4. The van der Waals surface area contributed by atoms with Crippen LogP contribution in [-0.4, -0.2) is 26.2 Å². The van der Waals surface area contributed by atoms with Gasteiger partial charge >= 0.3 is 0 Å². The van der Waals surface area contributed by atoms with E-state index in [4.69, 9.17) is 9.97 Å². The Morgan fingerprint density at radius 1 is 0.553 bits per heavy atom. The predicted molar refractivity (Wildman–Crippen MR) is 155 cm³/mol. The fraction of sp³-hybridized carbons (Fsp3) is 0. The number of rotatable bonds is 3. The molecule has 0 saturated carbocycles. The molecule has 2 aliphatic heterocycles. The van der Waals surface area contributed by atoms with Gasteiger partial charge in [0.15, 0.2) is 0 Å². The maximum Gasteiger partial charge on any atom is 0.150 e. The molecular formula is C33H22N4O. The quantitative estimate of drug-likeness (QED) is 0.248. The fourth-order valence-corrected chi connectivity index (χ4v) is 4.92. The first kappa shape index (κ1) is 21.9. The lowest BCUT2D eigenvalue weighted by Crippen LogP contribution is -1.87.